The number of nitrogens with zero attached hydrogens (tertiary/aromatic N) is 3. The summed E-state index contributed by atoms with van der Waals surface area (Å²) in [6.07, 6.45) is 1.60. The third-order valence-electron chi connectivity index (χ3n) is 4.41. The molecule has 0 aliphatic rings. The Hall–Kier alpha value is -3.74. The molecule has 2 aromatic heterocycles. The predicted molar refractivity (Wildman–Crippen MR) is 104 cm³/mol. The maximum Gasteiger partial charge on any atom is 0.299 e. The molecule has 0 unspecified atom stereocenters. The van der Waals surface area contributed by atoms with Gasteiger partial charge < -0.3 is 9.84 Å². The van der Waals surface area contributed by atoms with E-state index in [1.54, 1.807) is 0 Å². The lowest BCUT2D eigenvalue weighted by Gasteiger charge is -2.07. The van der Waals surface area contributed by atoms with Crippen LogP contribution >= 0.6 is 0 Å². The molecule has 2 aromatic carbocycles. The van der Waals surface area contributed by atoms with Gasteiger partial charge in [0.2, 0.25) is 5.91 Å². The quantitative estimate of drug-likeness (QED) is 0.560. The van der Waals surface area contributed by atoms with Gasteiger partial charge in [-0.1, -0.05) is 65.8 Å². The highest BCUT2D eigenvalue weighted by atomic mass is 16.5. The van der Waals surface area contributed by atoms with Gasteiger partial charge in [0, 0.05) is 25.1 Å². The molecule has 0 spiro atoms. The number of benzene rings is 2. The summed E-state index contributed by atoms with van der Waals surface area (Å²) in [7, 11) is 0. The summed E-state index contributed by atoms with van der Waals surface area (Å²) in [5, 5.41) is 6.84. The minimum atomic E-state index is -0.351. The maximum atomic E-state index is 12.6. The molecule has 0 aliphatic carbocycles. The minimum Gasteiger partial charge on any atom is -0.352 e. The average Bonchev–Trinajstić information content (AvgIpc) is 3.18. The number of aryl methyl sites for hydroxylation is 1. The fraction of sp³-hybridized carbons (Fsp3) is 0.143. The molecule has 2 heterocycles. The van der Waals surface area contributed by atoms with Gasteiger partial charge in [0.1, 0.15) is 11.2 Å². The van der Waals surface area contributed by atoms with Crippen LogP contribution in [-0.4, -0.2) is 20.6 Å². The van der Waals surface area contributed by atoms with Gasteiger partial charge in [-0.05, 0) is 5.56 Å². The Morgan fingerprint density at radius 2 is 1.75 bits per heavy atom. The van der Waals surface area contributed by atoms with E-state index in [1.807, 2.05) is 60.7 Å². The molecule has 7 nitrogen and oxygen atoms in total. The van der Waals surface area contributed by atoms with Crippen LogP contribution in [0.3, 0.4) is 0 Å². The van der Waals surface area contributed by atoms with Crippen LogP contribution in [0.5, 0.6) is 0 Å². The monoisotopic (exact) mass is 374 g/mol. The summed E-state index contributed by atoms with van der Waals surface area (Å²) in [5.74, 6) is -0.140. The Balaban J connectivity index is 1.45. The highest BCUT2D eigenvalue weighted by Gasteiger charge is 2.16. The molecule has 140 valence electrons. The van der Waals surface area contributed by atoms with Crippen LogP contribution in [0.1, 0.15) is 12.0 Å². The largest absolute Gasteiger partial charge is 0.352 e. The predicted octanol–water partition coefficient (Wildman–Crippen LogP) is 2.76. The van der Waals surface area contributed by atoms with Crippen molar-refractivity contribution < 1.29 is 9.32 Å². The van der Waals surface area contributed by atoms with Crippen molar-refractivity contribution >= 4 is 17.0 Å². The second kappa shape index (κ2) is 7.87. The third kappa shape index (κ3) is 3.68. The number of amides is 1. The van der Waals surface area contributed by atoms with Crippen LogP contribution in [0.2, 0.25) is 0 Å². The van der Waals surface area contributed by atoms with Gasteiger partial charge in [-0.15, -0.1) is 0 Å². The molecule has 0 atom stereocenters. The lowest BCUT2D eigenvalue weighted by atomic mass is 10.1. The van der Waals surface area contributed by atoms with Gasteiger partial charge in [-0.2, -0.15) is 0 Å². The fourth-order valence-electron chi connectivity index (χ4n) is 2.91. The van der Waals surface area contributed by atoms with Crippen molar-refractivity contribution in [3.8, 4) is 11.3 Å². The van der Waals surface area contributed by atoms with Crippen molar-refractivity contribution in [1.82, 2.24) is 20.0 Å². The van der Waals surface area contributed by atoms with E-state index >= 15 is 0 Å². The first-order chi connectivity index (χ1) is 13.7. The summed E-state index contributed by atoms with van der Waals surface area (Å²) >= 11 is 0. The van der Waals surface area contributed by atoms with Gasteiger partial charge in [0.25, 0.3) is 11.1 Å². The van der Waals surface area contributed by atoms with E-state index in [-0.39, 0.29) is 30.0 Å². The third-order valence-corrected chi connectivity index (χ3v) is 4.41. The lowest BCUT2D eigenvalue weighted by Crippen LogP contribution is -2.27. The van der Waals surface area contributed by atoms with E-state index in [2.05, 4.69) is 15.5 Å². The minimum absolute atomic E-state index is 0.0889. The lowest BCUT2D eigenvalue weighted by molar-refractivity contribution is -0.121. The molecular formula is C21H18N4O3. The number of fused-ring (bicyclic) bond motifs is 1. The zero-order valence-corrected chi connectivity index (χ0v) is 15.0. The van der Waals surface area contributed by atoms with E-state index in [1.165, 1.54) is 10.9 Å². The zero-order chi connectivity index (χ0) is 19.3. The molecular weight excluding hydrogens is 356 g/mol. The van der Waals surface area contributed by atoms with Crippen molar-refractivity contribution in [3.05, 3.63) is 82.9 Å². The summed E-state index contributed by atoms with van der Waals surface area (Å²) < 4.78 is 6.61. The van der Waals surface area contributed by atoms with Crippen molar-refractivity contribution in [3.63, 3.8) is 0 Å². The molecule has 28 heavy (non-hydrogen) atoms. The van der Waals surface area contributed by atoms with Gasteiger partial charge in [0.05, 0.1) is 6.33 Å². The van der Waals surface area contributed by atoms with Gasteiger partial charge in [-0.3, -0.25) is 14.2 Å². The highest BCUT2D eigenvalue weighted by Crippen LogP contribution is 2.23. The van der Waals surface area contributed by atoms with Gasteiger partial charge in [0.15, 0.2) is 0 Å². The molecule has 0 bridgehead atoms. The fourth-order valence-corrected chi connectivity index (χ4v) is 2.91. The number of rotatable bonds is 6. The Labute approximate surface area is 160 Å². The molecule has 0 radical (unpaired) electrons. The number of nitrogens with one attached hydrogen (secondary N) is 1. The molecule has 4 rings (SSSR count). The van der Waals surface area contributed by atoms with Crippen LogP contribution < -0.4 is 10.9 Å². The first-order valence-electron chi connectivity index (χ1n) is 8.93. The summed E-state index contributed by atoms with van der Waals surface area (Å²) in [6.45, 7) is 0.665. The molecule has 1 amide bonds. The van der Waals surface area contributed by atoms with Crippen LogP contribution in [0.15, 0.2) is 76.3 Å². The summed E-state index contributed by atoms with van der Waals surface area (Å²) in [6, 6.07) is 19.1. The first kappa shape index (κ1) is 17.7. The molecule has 7 heteroatoms. The van der Waals surface area contributed by atoms with E-state index in [0.717, 1.165) is 11.1 Å². The number of carbonyl (C=O) groups is 1. The zero-order valence-electron chi connectivity index (χ0n) is 15.0. The van der Waals surface area contributed by atoms with Crippen molar-refractivity contribution in [2.24, 2.45) is 0 Å². The Kier molecular flexibility index (Phi) is 4.97. The second-order valence-electron chi connectivity index (χ2n) is 6.33. The first-order valence-corrected chi connectivity index (χ1v) is 8.93. The normalized spacial score (nSPS) is 10.9. The number of hydrogen-bond acceptors (Lipinski definition) is 5. The second-order valence-corrected chi connectivity index (χ2v) is 6.33. The van der Waals surface area contributed by atoms with Crippen LogP contribution in [-0.2, 0) is 17.9 Å². The van der Waals surface area contributed by atoms with E-state index in [9.17, 15) is 9.59 Å². The van der Waals surface area contributed by atoms with Crippen LogP contribution in [0.25, 0.3) is 22.4 Å². The van der Waals surface area contributed by atoms with Gasteiger partial charge >= 0.3 is 0 Å². The molecule has 0 aliphatic heterocycles. The smallest absolute Gasteiger partial charge is 0.299 e. The Morgan fingerprint density at radius 3 is 2.50 bits per heavy atom. The number of aromatic nitrogens is 3. The summed E-state index contributed by atoms with van der Waals surface area (Å²) in [5.41, 5.74) is 2.53. The topological polar surface area (TPSA) is 90.0 Å². The average molecular weight is 374 g/mol. The standard InChI is InChI=1S/C21H18N4O3/c26-17(22-13-15-7-3-1-4-8-15)11-12-25-14-23-19-18(16-9-5-2-6-10-16)24-28-20(19)21(25)27/h1-10,14H,11-13H2,(H,22,26). The van der Waals surface area contributed by atoms with E-state index in [0.29, 0.717) is 17.8 Å². The van der Waals surface area contributed by atoms with E-state index in [4.69, 9.17) is 4.52 Å². The van der Waals surface area contributed by atoms with Crippen molar-refractivity contribution in [1.29, 1.82) is 0 Å². The molecule has 0 fully saturated rings. The Morgan fingerprint density at radius 1 is 1.04 bits per heavy atom. The molecule has 1 N–H and O–H groups in total. The van der Waals surface area contributed by atoms with Crippen molar-refractivity contribution in [2.45, 2.75) is 19.5 Å². The summed E-state index contributed by atoms with van der Waals surface area (Å²) in [4.78, 5) is 29.0. The van der Waals surface area contributed by atoms with E-state index < -0.39 is 0 Å². The van der Waals surface area contributed by atoms with Gasteiger partial charge in [-0.25, -0.2) is 4.98 Å². The molecule has 0 saturated carbocycles. The highest BCUT2D eigenvalue weighted by molar-refractivity contribution is 5.87. The van der Waals surface area contributed by atoms with Crippen molar-refractivity contribution in [2.75, 3.05) is 0 Å². The number of hydrogen-bond donors (Lipinski definition) is 1. The SMILES string of the molecule is O=C(CCn1cnc2c(-c3ccccc3)noc2c1=O)NCc1ccccc1. The Bertz CT molecular complexity index is 1150. The number of carbonyl (C=O) groups excluding carboxylic acids is 1. The van der Waals surface area contributed by atoms with Crippen LogP contribution in [0.4, 0.5) is 0 Å². The maximum absolute atomic E-state index is 12.6. The van der Waals surface area contributed by atoms with Crippen LogP contribution in [0, 0.1) is 0 Å². The molecule has 4 aromatic rings. The molecule has 0 saturated heterocycles.